The van der Waals surface area contributed by atoms with Gasteiger partial charge in [-0.2, -0.15) is 0 Å². The number of rotatable bonds is 4. The molecule has 1 N–H and O–H groups in total. The molecule has 0 amide bonds. The second-order valence-electron chi connectivity index (χ2n) is 6.29. The molecule has 4 aromatic rings. The standard InChI is InChI=1S/C21H13ClF3NO4/c1-28-17-9-8-15-18(19(17)22)20(27)14-7-6-13(10-16(14)26-15)29-11-2-4-12(5-3-11)30-21(23,24)25/h2-10H,1H3,(H,26,27). The molecular weight excluding hydrogens is 423 g/mol. The van der Waals surface area contributed by atoms with Gasteiger partial charge in [-0.05, 0) is 48.5 Å². The van der Waals surface area contributed by atoms with E-state index in [2.05, 4.69) is 9.72 Å². The largest absolute Gasteiger partial charge is 0.573 e. The van der Waals surface area contributed by atoms with Gasteiger partial charge in [0.05, 0.1) is 28.6 Å². The summed E-state index contributed by atoms with van der Waals surface area (Å²) in [7, 11) is 1.47. The van der Waals surface area contributed by atoms with E-state index in [1.807, 2.05) is 0 Å². The number of aromatic nitrogens is 1. The van der Waals surface area contributed by atoms with E-state index in [-0.39, 0.29) is 16.2 Å². The summed E-state index contributed by atoms with van der Waals surface area (Å²) in [6.07, 6.45) is -4.76. The number of pyridine rings is 1. The Morgan fingerprint density at radius 1 is 0.900 bits per heavy atom. The zero-order valence-corrected chi connectivity index (χ0v) is 16.1. The minimum absolute atomic E-state index is 0.222. The van der Waals surface area contributed by atoms with Gasteiger partial charge in [-0.1, -0.05) is 11.6 Å². The molecule has 1 heterocycles. The summed E-state index contributed by atoms with van der Waals surface area (Å²) in [5.41, 5.74) is 0.787. The zero-order valence-electron chi connectivity index (χ0n) is 15.3. The fourth-order valence-corrected chi connectivity index (χ4v) is 3.38. The van der Waals surface area contributed by atoms with Gasteiger partial charge in [0, 0.05) is 11.5 Å². The second-order valence-corrected chi connectivity index (χ2v) is 6.67. The van der Waals surface area contributed by atoms with Gasteiger partial charge in [0.15, 0.2) is 5.43 Å². The number of nitrogens with one attached hydrogen (secondary N) is 1. The van der Waals surface area contributed by atoms with Gasteiger partial charge >= 0.3 is 6.36 Å². The smallest absolute Gasteiger partial charge is 0.495 e. The summed E-state index contributed by atoms with van der Waals surface area (Å²) in [6, 6.07) is 13.1. The maximum atomic E-state index is 12.9. The van der Waals surface area contributed by atoms with Crippen LogP contribution < -0.4 is 19.6 Å². The van der Waals surface area contributed by atoms with Crippen LogP contribution >= 0.6 is 11.6 Å². The lowest BCUT2D eigenvalue weighted by atomic mass is 10.1. The van der Waals surface area contributed by atoms with E-state index in [0.717, 1.165) is 12.1 Å². The minimum Gasteiger partial charge on any atom is -0.495 e. The predicted octanol–water partition coefficient (Wildman–Crippen LogP) is 6.03. The van der Waals surface area contributed by atoms with Gasteiger partial charge in [-0.15, -0.1) is 13.2 Å². The van der Waals surface area contributed by atoms with Gasteiger partial charge in [0.2, 0.25) is 0 Å². The highest BCUT2D eigenvalue weighted by atomic mass is 35.5. The van der Waals surface area contributed by atoms with Gasteiger partial charge < -0.3 is 19.2 Å². The number of methoxy groups -OCH3 is 1. The molecule has 5 nitrogen and oxygen atoms in total. The number of hydrogen-bond donors (Lipinski definition) is 1. The highest BCUT2D eigenvalue weighted by Gasteiger charge is 2.31. The fraction of sp³-hybridized carbons (Fsp3) is 0.0952. The average Bonchev–Trinajstić information content (AvgIpc) is 2.68. The van der Waals surface area contributed by atoms with Crippen molar-refractivity contribution < 1.29 is 27.4 Å². The van der Waals surface area contributed by atoms with E-state index in [1.165, 1.54) is 19.2 Å². The molecule has 0 fully saturated rings. The minimum atomic E-state index is -4.76. The van der Waals surface area contributed by atoms with Crippen molar-refractivity contribution in [2.75, 3.05) is 7.11 Å². The number of benzene rings is 3. The Bertz CT molecular complexity index is 1300. The lowest BCUT2D eigenvalue weighted by molar-refractivity contribution is -0.274. The highest BCUT2D eigenvalue weighted by molar-refractivity contribution is 6.37. The molecule has 30 heavy (non-hydrogen) atoms. The number of hydrogen-bond acceptors (Lipinski definition) is 4. The molecule has 0 unspecified atom stereocenters. The first-order valence-corrected chi connectivity index (χ1v) is 8.99. The molecule has 0 atom stereocenters. The van der Waals surface area contributed by atoms with Crippen LogP contribution in [-0.4, -0.2) is 18.5 Å². The van der Waals surface area contributed by atoms with Crippen molar-refractivity contribution in [1.29, 1.82) is 0 Å². The van der Waals surface area contributed by atoms with E-state index >= 15 is 0 Å². The molecule has 154 valence electrons. The Kier molecular flexibility index (Phi) is 4.95. The summed E-state index contributed by atoms with van der Waals surface area (Å²) in [5, 5.41) is 0.941. The number of fused-ring (bicyclic) bond motifs is 2. The first-order valence-electron chi connectivity index (χ1n) is 8.61. The van der Waals surface area contributed by atoms with Crippen LogP contribution in [0, 0.1) is 0 Å². The highest BCUT2D eigenvalue weighted by Crippen LogP contribution is 2.32. The van der Waals surface area contributed by atoms with Gasteiger partial charge in [-0.25, -0.2) is 0 Å². The van der Waals surface area contributed by atoms with Crippen molar-refractivity contribution in [2.45, 2.75) is 6.36 Å². The molecular formula is C21H13ClF3NO4. The quantitative estimate of drug-likeness (QED) is 0.397. The Hall–Kier alpha value is -3.39. The molecule has 4 rings (SSSR count). The normalized spacial score (nSPS) is 11.6. The van der Waals surface area contributed by atoms with Crippen LogP contribution in [0.1, 0.15) is 0 Å². The van der Waals surface area contributed by atoms with Gasteiger partial charge in [0.25, 0.3) is 0 Å². The Labute approximate surface area is 172 Å². The molecule has 0 aliphatic rings. The molecule has 0 spiro atoms. The fourth-order valence-electron chi connectivity index (χ4n) is 3.05. The van der Waals surface area contributed by atoms with Crippen LogP contribution in [0.2, 0.25) is 5.02 Å². The first kappa shape index (κ1) is 19.9. The number of aromatic amines is 1. The van der Waals surface area contributed by atoms with Crippen LogP contribution in [0.25, 0.3) is 21.8 Å². The van der Waals surface area contributed by atoms with Crippen molar-refractivity contribution in [3.05, 3.63) is 69.8 Å². The van der Waals surface area contributed by atoms with E-state index < -0.39 is 6.36 Å². The number of H-pyrrole nitrogens is 1. The van der Waals surface area contributed by atoms with Crippen molar-refractivity contribution in [1.82, 2.24) is 4.98 Å². The molecule has 0 radical (unpaired) electrons. The molecule has 0 bridgehead atoms. The maximum absolute atomic E-state index is 12.9. The number of ether oxygens (including phenoxy) is 3. The van der Waals surface area contributed by atoms with Crippen LogP contribution in [-0.2, 0) is 0 Å². The lowest BCUT2D eigenvalue weighted by Crippen LogP contribution is -2.16. The van der Waals surface area contributed by atoms with E-state index in [0.29, 0.717) is 39.1 Å². The predicted molar refractivity (Wildman–Crippen MR) is 107 cm³/mol. The van der Waals surface area contributed by atoms with Crippen LogP contribution in [0.3, 0.4) is 0 Å². The first-order chi connectivity index (χ1) is 14.2. The van der Waals surface area contributed by atoms with Crippen molar-refractivity contribution in [3.63, 3.8) is 0 Å². The van der Waals surface area contributed by atoms with E-state index in [4.69, 9.17) is 21.1 Å². The van der Waals surface area contributed by atoms with Crippen molar-refractivity contribution in [3.8, 4) is 23.0 Å². The van der Waals surface area contributed by atoms with Gasteiger partial charge in [-0.3, -0.25) is 4.79 Å². The monoisotopic (exact) mass is 435 g/mol. The second kappa shape index (κ2) is 7.46. The molecule has 0 saturated carbocycles. The molecule has 1 aromatic heterocycles. The summed E-state index contributed by atoms with van der Waals surface area (Å²) >= 11 is 6.29. The average molecular weight is 436 g/mol. The van der Waals surface area contributed by atoms with E-state index in [9.17, 15) is 18.0 Å². The lowest BCUT2D eigenvalue weighted by Gasteiger charge is -2.11. The van der Waals surface area contributed by atoms with Crippen LogP contribution in [0.5, 0.6) is 23.0 Å². The zero-order chi connectivity index (χ0) is 21.5. The maximum Gasteiger partial charge on any atom is 0.573 e. The van der Waals surface area contributed by atoms with Crippen molar-refractivity contribution >= 4 is 33.4 Å². The molecule has 0 aliphatic heterocycles. The molecule has 3 aromatic carbocycles. The SMILES string of the molecule is COc1ccc2[nH]c3cc(Oc4ccc(OC(F)(F)F)cc4)ccc3c(=O)c2c1Cl. The third-order valence-corrected chi connectivity index (χ3v) is 4.73. The van der Waals surface area contributed by atoms with Crippen LogP contribution in [0.4, 0.5) is 13.2 Å². The summed E-state index contributed by atoms with van der Waals surface area (Å²) in [4.78, 5) is 16.0. The molecule has 0 aliphatic carbocycles. The number of alkyl halides is 3. The summed E-state index contributed by atoms with van der Waals surface area (Å²) < 4.78 is 51.4. The van der Waals surface area contributed by atoms with Crippen LogP contribution in [0.15, 0.2) is 59.4 Å². The molecule has 0 saturated heterocycles. The molecule has 9 heteroatoms. The Balaban J connectivity index is 1.68. The topological polar surface area (TPSA) is 60.6 Å². The summed E-state index contributed by atoms with van der Waals surface area (Å²) in [6.45, 7) is 0. The van der Waals surface area contributed by atoms with E-state index in [1.54, 1.807) is 30.3 Å². The summed E-state index contributed by atoms with van der Waals surface area (Å²) in [5.74, 6) is 0.741. The third-order valence-electron chi connectivity index (χ3n) is 4.35. The van der Waals surface area contributed by atoms with Crippen molar-refractivity contribution in [2.24, 2.45) is 0 Å². The van der Waals surface area contributed by atoms with Gasteiger partial charge in [0.1, 0.15) is 23.0 Å². The third kappa shape index (κ3) is 3.86. The number of halogens is 4. The Morgan fingerprint density at radius 3 is 2.23 bits per heavy atom. The Morgan fingerprint density at radius 2 is 1.57 bits per heavy atom.